The van der Waals surface area contributed by atoms with Crippen molar-refractivity contribution in [2.45, 2.75) is 13.5 Å². The molecule has 3 aromatic rings. The van der Waals surface area contributed by atoms with Gasteiger partial charge in [-0.2, -0.15) is 0 Å². The van der Waals surface area contributed by atoms with Crippen LogP contribution in [0.2, 0.25) is 0 Å². The molecule has 5 nitrogen and oxygen atoms in total. The molecule has 0 aliphatic carbocycles. The summed E-state index contributed by atoms with van der Waals surface area (Å²) in [4.78, 5) is 20.8. The third-order valence-corrected chi connectivity index (χ3v) is 4.11. The van der Waals surface area contributed by atoms with Gasteiger partial charge in [-0.1, -0.05) is 18.2 Å². The summed E-state index contributed by atoms with van der Waals surface area (Å²) in [5.74, 6) is 1.10. The molecule has 2 aromatic heterocycles. The van der Waals surface area contributed by atoms with Gasteiger partial charge in [0.05, 0.1) is 15.6 Å². The fraction of sp³-hybridized carbons (Fsp3) is 0.133. The molecule has 0 aliphatic rings. The first-order valence-electron chi connectivity index (χ1n) is 6.42. The van der Waals surface area contributed by atoms with Crippen LogP contribution in [-0.4, -0.2) is 14.5 Å². The predicted molar refractivity (Wildman–Crippen MR) is 91.2 cm³/mol. The van der Waals surface area contributed by atoms with E-state index >= 15 is 0 Å². The first kappa shape index (κ1) is 14.0. The van der Waals surface area contributed by atoms with Crippen LogP contribution in [0.5, 0.6) is 0 Å². The van der Waals surface area contributed by atoms with Crippen molar-refractivity contribution in [3.8, 4) is 0 Å². The Hall–Kier alpha value is -1.96. The van der Waals surface area contributed by atoms with Crippen LogP contribution in [0.3, 0.4) is 0 Å². The lowest BCUT2D eigenvalue weighted by atomic mass is 10.1. The van der Waals surface area contributed by atoms with Crippen molar-refractivity contribution in [2.24, 2.45) is 0 Å². The number of hydrogen-bond donors (Lipinski definition) is 1. The monoisotopic (exact) mass is 392 g/mol. The van der Waals surface area contributed by atoms with Gasteiger partial charge in [0.25, 0.3) is 5.56 Å². The second-order valence-electron chi connectivity index (χ2n) is 4.77. The largest absolute Gasteiger partial charge is 0.383 e. The van der Waals surface area contributed by atoms with E-state index in [0.29, 0.717) is 21.8 Å². The Bertz CT molecular complexity index is 888. The molecule has 0 bridgehead atoms. The van der Waals surface area contributed by atoms with Gasteiger partial charge in [-0.15, -0.1) is 0 Å². The maximum atomic E-state index is 12.2. The Balaban J connectivity index is 2.12. The molecule has 21 heavy (non-hydrogen) atoms. The zero-order valence-corrected chi connectivity index (χ0v) is 13.5. The number of hydrogen-bond acceptors (Lipinski definition) is 4. The van der Waals surface area contributed by atoms with E-state index in [2.05, 4.69) is 9.97 Å². The highest BCUT2D eigenvalue weighted by molar-refractivity contribution is 14.1. The van der Waals surface area contributed by atoms with E-state index in [1.54, 1.807) is 10.8 Å². The van der Waals surface area contributed by atoms with E-state index in [4.69, 9.17) is 5.73 Å². The Morgan fingerprint density at radius 3 is 2.90 bits per heavy atom. The molecule has 0 aliphatic heterocycles. The van der Waals surface area contributed by atoms with Gasteiger partial charge in [-0.3, -0.25) is 9.36 Å². The fourth-order valence-electron chi connectivity index (χ4n) is 2.21. The molecule has 3 rings (SSSR count). The Labute approximate surface area is 135 Å². The molecule has 106 valence electrons. The molecule has 6 heteroatoms. The van der Waals surface area contributed by atoms with E-state index in [1.807, 2.05) is 59.8 Å². The number of rotatable bonds is 2. The molecular formula is C15H13IN4O. The lowest BCUT2D eigenvalue weighted by Crippen LogP contribution is -2.26. The van der Waals surface area contributed by atoms with Crippen LogP contribution < -0.4 is 11.3 Å². The molecule has 0 unspecified atom stereocenters. The zero-order chi connectivity index (χ0) is 15.0. The predicted octanol–water partition coefficient (Wildman–Crippen LogP) is 2.34. The molecule has 0 saturated heterocycles. The highest BCUT2D eigenvalue weighted by Gasteiger charge is 2.10. The minimum Gasteiger partial charge on any atom is -0.383 e. The number of nitrogen functional groups attached to an aromatic ring is 1. The summed E-state index contributed by atoms with van der Waals surface area (Å²) >= 11 is 1.99. The minimum atomic E-state index is -0.0596. The van der Waals surface area contributed by atoms with Crippen molar-refractivity contribution in [1.82, 2.24) is 14.5 Å². The van der Waals surface area contributed by atoms with E-state index in [9.17, 15) is 4.79 Å². The topological polar surface area (TPSA) is 73.8 Å². The van der Waals surface area contributed by atoms with Crippen molar-refractivity contribution in [3.63, 3.8) is 0 Å². The number of pyridine rings is 1. The third-order valence-electron chi connectivity index (χ3n) is 3.37. The number of para-hydroxylation sites is 1. The van der Waals surface area contributed by atoms with Crippen molar-refractivity contribution in [3.05, 3.63) is 61.8 Å². The maximum absolute atomic E-state index is 12.2. The van der Waals surface area contributed by atoms with Crippen LogP contribution in [0.4, 0.5) is 5.82 Å². The first-order chi connectivity index (χ1) is 10.1. The van der Waals surface area contributed by atoms with E-state index < -0.39 is 0 Å². The Morgan fingerprint density at radius 1 is 1.33 bits per heavy atom. The number of fused-ring (bicyclic) bond motifs is 1. The Kier molecular flexibility index (Phi) is 3.62. The lowest BCUT2D eigenvalue weighted by molar-refractivity contribution is 0.695. The maximum Gasteiger partial charge on any atom is 0.267 e. The molecule has 1 aromatic carbocycles. The molecule has 0 spiro atoms. The van der Waals surface area contributed by atoms with Crippen LogP contribution >= 0.6 is 22.6 Å². The number of anilines is 1. The second kappa shape index (κ2) is 5.44. The summed E-state index contributed by atoms with van der Waals surface area (Å²) in [5, 5.41) is 1.01. The third kappa shape index (κ3) is 2.63. The molecular weight excluding hydrogens is 379 g/mol. The van der Waals surface area contributed by atoms with E-state index in [0.717, 1.165) is 16.5 Å². The Morgan fingerprint density at radius 2 is 2.10 bits per heavy atom. The van der Waals surface area contributed by atoms with Gasteiger partial charge in [0.15, 0.2) is 0 Å². The quantitative estimate of drug-likeness (QED) is 0.680. The van der Waals surface area contributed by atoms with Gasteiger partial charge >= 0.3 is 0 Å². The summed E-state index contributed by atoms with van der Waals surface area (Å²) in [6, 6.07) is 9.75. The van der Waals surface area contributed by atoms with E-state index in [-0.39, 0.29) is 5.56 Å². The van der Waals surface area contributed by atoms with Gasteiger partial charge in [0, 0.05) is 17.1 Å². The van der Waals surface area contributed by atoms with Crippen LogP contribution in [-0.2, 0) is 6.54 Å². The van der Waals surface area contributed by atoms with Crippen LogP contribution in [0.15, 0.2) is 41.3 Å². The lowest BCUT2D eigenvalue weighted by Gasteiger charge is -2.12. The number of aromatic nitrogens is 3. The molecule has 2 heterocycles. The summed E-state index contributed by atoms with van der Waals surface area (Å²) in [7, 11) is 0. The number of benzene rings is 1. The van der Waals surface area contributed by atoms with Gasteiger partial charge in [-0.25, -0.2) is 9.97 Å². The van der Waals surface area contributed by atoms with Gasteiger partial charge in [0.2, 0.25) is 0 Å². The van der Waals surface area contributed by atoms with Crippen molar-refractivity contribution in [1.29, 1.82) is 0 Å². The van der Waals surface area contributed by atoms with Gasteiger partial charge in [-0.05, 0) is 41.6 Å². The summed E-state index contributed by atoms with van der Waals surface area (Å²) in [6.45, 7) is 2.18. The van der Waals surface area contributed by atoms with Crippen molar-refractivity contribution >= 4 is 39.3 Å². The molecule has 0 atom stereocenters. The standard InChI is InChI=1S/C15H13IN4O/c1-9-18-7-12(16)15(21)20(9)8-11-6-10-4-2-3-5-13(10)19-14(11)17/h2-7H,8H2,1H3,(H2,17,19). The molecule has 0 saturated carbocycles. The summed E-state index contributed by atoms with van der Waals surface area (Å²) in [6.07, 6.45) is 1.58. The van der Waals surface area contributed by atoms with Crippen LogP contribution in [0.25, 0.3) is 10.9 Å². The van der Waals surface area contributed by atoms with Crippen molar-refractivity contribution in [2.75, 3.05) is 5.73 Å². The highest BCUT2D eigenvalue weighted by Crippen LogP contribution is 2.19. The number of halogens is 1. The van der Waals surface area contributed by atoms with Crippen LogP contribution in [0, 0.1) is 10.5 Å². The molecule has 0 radical (unpaired) electrons. The number of nitrogens with two attached hydrogens (primary N) is 1. The fourth-order valence-corrected chi connectivity index (χ4v) is 2.64. The summed E-state index contributed by atoms with van der Waals surface area (Å²) < 4.78 is 2.20. The summed E-state index contributed by atoms with van der Waals surface area (Å²) in [5.41, 5.74) is 7.64. The van der Waals surface area contributed by atoms with Gasteiger partial charge < -0.3 is 5.73 Å². The number of nitrogens with zero attached hydrogens (tertiary/aromatic N) is 3. The average molecular weight is 392 g/mol. The first-order valence-corrected chi connectivity index (χ1v) is 7.50. The zero-order valence-electron chi connectivity index (χ0n) is 11.4. The second-order valence-corrected chi connectivity index (χ2v) is 5.93. The van der Waals surface area contributed by atoms with Gasteiger partial charge in [0.1, 0.15) is 11.6 Å². The highest BCUT2D eigenvalue weighted by atomic mass is 127. The number of aryl methyl sites for hydroxylation is 1. The smallest absolute Gasteiger partial charge is 0.267 e. The SMILES string of the molecule is Cc1ncc(I)c(=O)n1Cc1cc2ccccc2nc1N. The molecule has 2 N–H and O–H groups in total. The average Bonchev–Trinajstić information content (AvgIpc) is 2.48. The van der Waals surface area contributed by atoms with Crippen LogP contribution in [0.1, 0.15) is 11.4 Å². The molecule has 0 amide bonds. The molecule has 0 fully saturated rings. The van der Waals surface area contributed by atoms with Crippen molar-refractivity contribution < 1.29 is 0 Å². The normalized spacial score (nSPS) is 11.0. The minimum absolute atomic E-state index is 0.0596. The van der Waals surface area contributed by atoms with E-state index in [1.165, 1.54) is 0 Å².